The molecule has 1 N–H and O–H groups in total. The first-order valence-corrected chi connectivity index (χ1v) is 10.3. The van der Waals surface area contributed by atoms with Crippen LogP contribution in [0.4, 0.5) is 15.8 Å². The first kappa shape index (κ1) is 22.0. The zero-order valence-corrected chi connectivity index (χ0v) is 17.5. The van der Waals surface area contributed by atoms with Crippen LogP contribution in [-0.2, 0) is 4.79 Å². The summed E-state index contributed by atoms with van der Waals surface area (Å²) in [5.41, 5.74) is -0.0909. The topological polar surface area (TPSA) is 130 Å². The summed E-state index contributed by atoms with van der Waals surface area (Å²) < 4.78 is 29.1. The van der Waals surface area contributed by atoms with Crippen LogP contribution in [0.3, 0.4) is 0 Å². The minimum atomic E-state index is -0.976. The van der Waals surface area contributed by atoms with E-state index >= 15 is 0 Å². The minimum absolute atomic E-state index is 0.0306. The maximum absolute atomic E-state index is 13.5. The van der Waals surface area contributed by atoms with Gasteiger partial charge in [0.25, 0.3) is 0 Å². The number of nitro benzene ring substituents is 1. The van der Waals surface area contributed by atoms with Crippen molar-refractivity contribution >= 4 is 35.0 Å². The molecule has 0 saturated heterocycles. The molecule has 0 radical (unpaired) electrons. The van der Waals surface area contributed by atoms with Crippen LogP contribution in [0.25, 0.3) is 0 Å². The molecule has 4 rings (SSSR count). The number of pyridine rings is 1. The van der Waals surface area contributed by atoms with E-state index in [4.69, 9.17) is 14.2 Å². The molecule has 0 saturated carbocycles. The molecular weight excluding hydrogens is 457 g/mol. The molecule has 0 atom stereocenters. The number of halogens is 1. The van der Waals surface area contributed by atoms with Crippen LogP contribution in [-0.4, -0.2) is 34.3 Å². The van der Waals surface area contributed by atoms with E-state index in [2.05, 4.69) is 10.3 Å². The monoisotopic (exact) mass is 471 g/mol. The van der Waals surface area contributed by atoms with Gasteiger partial charge in [-0.2, -0.15) is 0 Å². The van der Waals surface area contributed by atoms with Crippen molar-refractivity contribution in [1.29, 1.82) is 0 Å². The van der Waals surface area contributed by atoms with Crippen LogP contribution in [0.2, 0.25) is 0 Å². The van der Waals surface area contributed by atoms with E-state index in [1.165, 1.54) is 18.3 Å². The Labute approximate surface area is 189 Å². The highest BCUT2D eigenvalue weighted by Gasteiger charge is 2.22. The molecule has 1 aliphatic rings. The van der Waals surface area contributed by atoms with Gasteiger partial charge >= 0.3 is 11.7 Å². The molecule has 1 amide bonds. The Morgan fingerprint density at radius 1 is 1.18 bits per heavy atom. The Morgan fingerprint density at radius 3 is 2.82 bits per heavy atom. The normalized spacial score (nSPS) is 11.7. The summed E-state index contributed by atoms with van der Waals surface area (Å²) in [5, 5.41) is 14.0. The molecule has 1 aromatic heterocycles. The summed E-state index contributed by atoms with van der Waals surface area (Å²) in [5.74, 6) is -1.68. The number of esters is 1. The molecule has 0 unspecified atom stereocenters. The SMILES string of the molecule is O=C(CSc1ncccc1C(=O)Oc1cc(F)ccc1[N+](=O)[O-])Nc1ccc2c(c1)OCO2. The standard InChI is InChI=1S/C21H14FN3O7S/c22-12-3-5-15(25(28)29)17(8-12)32-21(27)14-2-1-7-23-20(14)33-10-19(26)24-13-4-6-16-18(9-13)31-11-30-16/h1-9H,10-11H2,(H,24,26). The van der Waals surface area contributed by atoms with Crippen molar-refractivity contribution in [3.05, 3.63) is 76.2 Å². The highest BCUT2D eigenvalue weighted by molar-refractivity contribution is 8.00. The fourth-order valence-corrected chi connectivity index (χ4v) is 3.62. The molecule has 10 nitrogen and oxygen atoms in total. The van der Waals surface area contributed by atoms with Gasteiger partial charge in [-0.1, -0.05) is 11.8 Å². The quantitative estimate of drug-likeness (QED) is 0.180. The smallest absolute Gasteiger partial charge is 0.346 e. The van der Waals surface area contributed by atoms with E-state index < -0.39 is 28.1 Å². The van der Waals surface area contributed by atoms with Gasteiger partial charge in [0.1, 0.15) is 10.8 Å². The van der Waals surface area contributed by atoms with Gasteiger partial charge in [-0.3, -0.25) is 14.9 Å². The predicted molar refractivity (Wildman–Crippen MR) is 114 cm³/mol. The van der Waals surface area contributed by atoms with Crippen LogP contribution in [0.15, 0.2) is 59.8 Å². The van der Waals surface area contributed by atoms with Crippen LogP contribution in [0.5, 0.6) is 17.2 Å². The number of amides is 1. The van der Waals surface area contributed by atoms with E-state index in [1.54, 1.807) is 18.2 Å². The summed E-state index contributed by atoms with van der Waals surface area (Å²) in [6.07, 6.45) is 1.42. The van der Waals surface area contributed by atoms with Crippen molar-refractivity contribution in [1.82, 2.24) is 4.98 Å². The van der Waals surface area contributed by atoms with Crippen molar-refractivity contribution < 1.29 is 33.1 Å². The van der Waals surface area contributed by atoms with Crippen LogP contribution >= 0.6 is 11.8 Å². The fourth-order valence-electron chi connectivity index (χ4n) is 2.84. The summed E-state index contributed by atoms with van der Waals surface area (Å²) >= 11 is 0.965. The maximum Gasteiger partial charge on any atom is 0.346 e. The van der Waals surface area contributed by atoms with Crippen molar-refractivity contribution in [2.24, 2.45) is 0 Å². The van der Waals surface area contributed by atoms with Gasteiger partial charge in [-0.15, -0.1) is 0 Å². The van der Waals surface area contributed by atoms with E-state index in [9.17, 15) is 24.1 Å². The number of carbonyl (C=O) groups is 2. The van der Waals surface area contributed by atoms with E-state index in [0.29, 0.717) is 17.2 Å². The molecule has 0 fully saturated rings. The third kappa shape index (κ3) is 5.18. The number of benzene rings is 2. The number of anilines is 1. The Morgan fingerprint density at radius 2 is 2.00 bits per heavy atom. The molecule has 0 bridgehead atoms. The largest absolute Gasteiger partial charge is 0.454 e. The Hall–Kier alpha value is -4.19. The molecule has 1 aliphatic heterocycles. The highest BCUT2D eigenvalue weighted by Crippen LogP contribution is 2.34. The van der Waals surface area contributed by atoms with Crippen LogP contribution in [0, 0.1) is 15.9 Å². The lowest BCUT2D eigenvalue weighted by Gasteiger charge is -2.09. The third-order valence-corrected chi connectivity index (χ3v) is 5.31. The van der Waals surface area contributed by atoms with E-state index in [0.717, 1.165) is 30.0 Å². The number of rotatable bonds is 7. The second-order valence-electron chi connectivity index (χ2n) is 6.52. The number of hydrogen-bond donors (Lipinski definition) is 1. The Bertz CT molecular complexity index is 1250. The van der Waals surface area contributed by atoms with Gasteiger partial charge in [-0.25, -0.2) is 14.2 Å². The highest BCUT2D eigenvalue weighted by atomic mass is 32.2. The zero-order chi connectivity index (χ0) is 23.4. The van der Waals surface area contributed by atoms with Gasteiger partial charge < -0.3 is 19.5 Å². The number of thioether (sulfide) groups is 1. The summed E-state index contributed by atoms with van der Waals surface area (Å²) in [6, 6.07) is 10.3. The molecule has 0 spiro atoms. The first-order valence-electron chi connectivity index (χ1n) is 9.34. The molecule has 2 heterocycles. The second kappa shape index (κ2) is 9.53. The molecule has 168 valence electrons. The molecule has 0 aliphatic carbocycles. The maximum atomic E-state index is 13.5. The number of nitrogens with zero attached hydrogens (tertiary/aromatic N) is 2. The van der Waals surface area contributed by atoms with Gasteiger partial charge in [-0.05, 0) is 30.3 Å². The summed E-state index contributed by atoms with van der Waals surface area (Å²) in [4.78, 5) is 39.4. The number of fused-ring (bicyclic) bond motifs is 1. The predicted octanol–water partition coefficient (Wildman–Crippen LogP) is 3.81. The molecule has 3 aromatic rings. The van der Waals surface area contributed by atoms with Crippen molar-refractivity contribution in [3.8, 4) is 17.2 Å². The first-order chi connectivity index (χ1) is 15.9. The summed E-state index contributed by atoms with van der Waals surface area (Å²) in [7, 11) is 0. The van der Waals surface area contributed by atoms with Crippen LogP contribution in [0.1, 0.15) is 10.4 Å². The molecular formula is C21H14FN3O7S. The zero-order valence-electron chi connectivity index (χ0n) is 16.6. The Balaban J connectivity index is 1.43. The molecule has 2 aromatic carbocycles. The van der Waals surface area contributed by atoms with Crippen molar-refractivity contribution in [2.45, 2.75) is 5.03 Å². The van der Waals surface area contributed by atoms with Gasteiger partial charge in [0.05, 0.1) is 16.2 Å². The second-order valence-corrected chi connectivity index (χ2v) is 7.48. The third-order valence-electron chi connectivity index (χ3n) is 4.31. The molecule has 33 heavy (non-hydrogen) atoms. The van der Waals surface area contributed by atoms with Gasteiger partial charge in [0.15, 0.2) is 11.5 Å². The lowest BCUT2D eigenvalue weighted by molar-refractivity contribution is -0.385. The van der Waals surface area contributed by atoms with E-state index in [1.807, 2.05) is 0 Å². The fraction of sp³-hybridized carbons (Fsp3) is 0.0952. The molecule has 12 heteroatoms. The lowest BCUT2D eigenvalue weighted by atomic mass is 10.2. The van der Waals surface area contributed by atoms with Gasteiger partial charge in [0, 0.05) is 30.1 Å². The van der Waals surface area contributed by atoms with Crippen LogP contribution < -0.4 is 19.5 Å². The average molecular weight is 471 g/mol. The number of nitrogens with one attached hydrogen (secondary N) is 1. The van der Waals surface area contributed by atoms with Crippen molar-refractivity contribution in [3.63, 3.8) is 0 Å². The number of aromatic nitrogens is 1. The number of carbonyl (C=O) groups excluding carboxylic acids is 2. The van der Waals surface area contributed by atoms with Gasteiger partial charge in [0.2, 0.25) is 18.4 Å². The number of hydrogen-bond acceptors (Lipinski definition) is 9. The number of nitro groups is 1. The minimum Gasteiger partial charge on any atom is -0.454 e. The average Bonchev–Trinajstić information content (AvgIpc) is 3.25. The van der Waals surface area contributed by atoms with E-state index in [-0.39, 0.29) is 29.0 Å². The number of ether oxygens (including phenoxy) is 3. The summed E-state index contributed by atoms with van der Waals surface area (Å²) in [6.45, 7) is 0.111. The van der Waals surface area contributed by atoms with Crippen molar-refractivity contribution in [2.75, 3.05) is 17.9 Å². The lowest BCUT2D eigenvalue weighted by Crippen LogP contribution is -2.15. The Kier molecular flexibility index (Phi) is 6.36.